The summed E-state index contributed by atoms with van der Waals surface area (Å²) in [7, 11) is 0. The Morgan fingerprint density at radius 2 is 1.96 bits per heavy atom. The van der Waals surface area contributed by atoms with Gasteiger partial charge >= 0.3 is 0 Å². The van der Waals surface area contributed by atoms with Gasteiger partial charge in [0.2, 0.25) is 0 Å². The molecule has 4 nitrogen and oxygen atoms in total. The lowest BCUT2D eigenvalue weighted by molar-refractivity contribution is 0.0715. The van der Waals surface area contributed by atoms with Gasteiger partial charge in [0.1, 0.15) is 5.82 Å². The highest BCUT2D eigenvalue weighted by Crippen LogP contribution is 2.42. The van der Waals surface area contributed by atoms with Crippen LogP contribution in [0.15, 0.2) is 36.5 Å². The molecule has 5 heteroatoms. The highest BCUT2D eigenvalue weighted by molar-refractivity contribution is 5.96. The molecule has 1 aromatic carbocycles. The molecule has 1 saturated heterocycles. The Morgan fingerprint density at radius 3 is 2.65 bits per heavy atom. The van der Waals surface area contributed by atoms with E-state index < -0.39 is 6.10 Å². The third-order valence-corrected chi connectivity index (χ3v) is 4.79. The number of rotatable bonds is 3. The molecular weight excluding hydrogens is 295 g/mol. The number of nitrogens with one attached hydrogen (secondary N) is 1. The van der Waals surface area contributed by atoms with Crippen molar-refractivity contribution in [2.45, 2.75) is 37.3 Å². The lowest BCUT2D eigenvalue weighted by atomic mass is 10.0. The van der Waals surface area contributed by atoms with Crippen LogP contribution in [0, 0.1) is 5.82 Å². The summed E-state index contributed by atoms with van der Waals surface area (Å²) in [5.41, 5.74) is 2.57. The van der Waals surface area contributed by atoms with E-state index in [1.807, 2.05) is 6.07 Å². The summed E-state index contributed by atoms with van der Waals surface area (Å²) in [6, 6.07) is 7.79. The molecule has 2 fully saturated rings. The Balaban J connectivity index is 1.64. The number of hydrogen-bond donors (Lipinski definition) is 2. The lowest BCUT2D eigenvalue weighted by Gasteiger charge is -2.25. The normalized spacial score (nSPS) is 24.2. The molecule has 1 amide bonds. The van der Waals surface area contributed by atoms with E-state index in [9.17, 15) is 14.3 Å². The van der Waals surface area contributed by atoms with E-state index in [2.05, 4.69) is 4.98 Å². The maximum absolute atomic E-state index is 13.1. The van der Waals surface area contributed by atoms with E-state index in [0.717, 1.165) is 24.1 Å². The van der Waals surface area contributed by atoms with Crippen LogP contribution in [0.3, 0.4) is 0 Å². The quantitative estimate of drug-likeness (QED) is 0.915. The summed E-state index contributed by atoms with van der Waals surface area (Å²) < 4.78 is 13.1. The number of H-pyrrole nitrogens is 1. The molecule has 2 atom stereocenters. The predicted octanol–water partition coefficient (Wildman–Crippen LogP) is 2.98. The fraction of sp³-hybridized carbons (Fsp3) is 0.389. The van der Waals surface area contributed by atoms with Gasteiger partial charge in [-0.15, -0.1) is 0 Å². The second kappa shape index (κ2) is 5.49. The molecule has 2 heterocycles. The number of aromatic amines is 1. The number of hydrogen-bond acceptors (Lipinski definition) is 2. The summed E-state index contributed by atoms with van der Waals surface area (Å²) in [6.45, 7) is 0.316. The van der Waals surface area contributed by atoms with Crippen LogP contribution >= 0.6 is 0 Å². The van der Waals surface area contributed by atoms with E-state index in [1.165, 1.54) is 12.1 Å². The number of carbonyl (C=O) groups is 1. The highest BCUT2D eigenvalue weighted by atomic mass is 19.1. The maximum Gasteiger partial charge on any atom is 0.256 e. The van der Waals surface area contributed by atoms with Crippen molar-refractivity contribution in [3.63, 3.8) is 0 Å². The zero-order valence-corrected chi connectivity index (χ0v) is 12.7. The molecule has 0 radical (unpaired) electrons. The first-order valence-electron chi connectivity index (χ1n) is 8.05. The maximum atomic E-state index is 13.1. The molecule has 0 bridgehead atoms. The van der Waals surface area contributed by atoms with Crippen molar-refractivity contribution in [2.75, 3.05) is 6.54 Å². The smallest absolute Gasteiger partial charge is 0.256 e. The number of carbonyl (C=O) groups excluding carboxylic acids is 1. The fourth-order valence-electron chi connectivity index (χ4n) is 3.47. The largest absolute Gasteiger partial charge is 0.391 e. The molecule has 0 spiro atoms. The highest BCUT2D eigenvalue weighted by Gasteiger charge is 2.38. The summed E-state index contributed by atoms with van der Waals surface area (Å²) >= 11 is 0. The number of halogens is 1. The minimum absolute atomic E-state index is 0.0565. The van der Waals surface area contributed by atoms with Crippen LogP contribution in [0.4, 0.5) is 4.39 Å². The van der Waals surface area contributed by atoms with Crippen molar-refractivity contribution >= 4 is 5.91 Å². The van der Waals surface area contributed by atoms with Crippen molar-refractivity contribution in [3.05, 3.63) is 59.2 Å². The minimum Gasteiger partial charge on any atom is -0.391 e. The second-order valence-corrected chi connectivity index (χ2v) is 6.49. The van der Waals surface area contributed by atoms with Crippen molar-refractivity contribution in [2.24, 2.45) is 0 Å². The summed E-state index contributed by atoms with van der Waals surface area (Å²) in [4.78, 5) is 17.9. The van der Waals surface area contributed by atoms with Crippen LogP contribution < -0.4 is 0 Å². The van der Waals surface area contributed by atoms with E-state index in [1.54, 1.807) is 23.2 Å². The fourth-order valence-corrected chi connectivity index (χ4v) is 3.47. The second-order valence-electron chi connectivity index (χ2n) is 6.49. The van der Waals surface area contributed by atoms with Crippen LogP contribution in [-0.2, 0) is 0 Å². The van der Waals surface area contributed by atoms with Gasteiger partial charge in [-0.1, -0.05) is 12.1 Å². The number of benzene rings is 1. The van der Waals surface area contributed by atoms with Gasteiger partial charge in [0.15, 0.2) is 0 Å². The molecule has 1 aromatic heterocycles. The van der Waals surface area contributed by atoms with Gasteiger partial charge < -0.3 is 15.0 Å². The monoisotopic (exact) mass is 314 g/mol. The third kappa shape index (κ3) is 2.65. The molecule has 23 heavy (non-hydrogen) atoms. The average molecular weight is 314 g/mol. The number of aliphatic hydroxyl groups excluding tert-OH is 1. The van der Waals surface area contributed by atoms with Crippen molar-refractivity contribution < 1.29 is 14.3 Å². The molecule has 2 aliphatic rings. The predicted molar refractivity (Wildman–Crippen MR) is 83.6 cm³/mol. The van der Waals surface area contributed by atoms with Gasteiger partial charge in [-0.05, 0) is 48.9 Å². The number of likely N-dealkylation sites (tertiary alicyclic amines) is 1. The van der Waals surface area contributed by atoms with Gasteiger partial charge in [-0.25, -0.2) is 4.39 Å². The zero-order valence-electron chi connectivity index (χ0n) is 12.7. The molecule has 1 aliphatic carbocycles. The number of aromatic nitrogens is 1. The number of β-amino-alcohol motifs (C(OH)–C–C–N with tert-alkyl or cyclic N) is 1. The Labute approximate surface area is 133 Å². The summed E-state index contributed by atoms with van der Waals surface area (Å²) in [5, 5.41) is 10.0. The molecule has 1 aliphatic heterocycles. The first kappa shape index (κ1) is 14.5. The summed E-state index contributed by atoms with van der Waals surface area (Å²) in [5.74, 6) is 0.103. The Kier molecular flexibility index (Phi) is 3.45. The van der Waals surface area contributed by atoms with Crippen molar-refractivity contribution in [1.29, 1.82) is 0 Å². The summed E-state index contributed by atoms with van der Waals surface area (Å²) in [6.07, 6.45) is 3.98. The van der Waals surface area contributed by atoms with Crippen LogP contribution in [0.5, 0.6) is 0 Å². The van der Waals surface area contributed by atoms with Gasteiger partial charge in [0.25, 0.3) is 5.91 Å². The molecular formula is C18H19FN2O2. The van der Waals surface area contributed by atoms with Crippen molar-refractivity contribution in [1.82, 2.24) is 9.88 Å². The molecule has 2 N–H and O–H groups in total. The van der Waals surface area contributed by atoms with E-state index in [4.69, 9.17) is 0 Å². The number of aliphatic hydroxyl groups is 1. The number of amides is 1. The molecule has 0 unspecified atom stereocenters. The van der Waals surface area contributed by atoms with E-state index in [-0.39, 0.29) is 17.8 Å². The first-order valence-corrected chi connectivity index (χ1v) is 8.05. The first-order chi connectivity index (χ1) is 11.1. The molecule has 4 rings (SSSR count). The lowest BCUT2D eigenvalue weighted by Crippen LogP contribution is -2.32. The standard InChI is InChI=1S/C18H19FN2O2/c19-13-5-3-11(4-6-13)16-9-14(22)10-21(16)18(23)15-7-8-20-17(15)12-1-2-12/h3-8,12,14,16,20,22H,1-2,9-10H2/t14-,16-/m0/s1. The molecule has 2 aromatic rings. The minimum atomic E-state index is -0.544. The van der Waals surface area contributed by atoms with Crippen LogP contribution in [0.2, 0.25) is 0 Å². The Hall–Kier alpha value is -2.14. The van der Waals surface area contributed by atoms with Gasteiger partial charge in [0, 0.05) is 18.4 Å². The molecule has 120 valence electrons. The Morgan fingerprint density at radius 1 is 1.22 bits per heavy atom. The van der Waals surface area contributed by atoms with Crippen LogP contribution in [-0.4, -0.2) is 33.5 Å². The van der Waals surface area contributed by atoms with E-state index >= 15 is 0 Å². The third-order valence-electron chi connectivity index (χ3n) is 4.79. The van der Waals surface area contributed by atoms with Gasteiger partial charge in [-0.2, -0.15) is 0 Å². The number of nitrogens with zero attached hydrogens (tertiary/aromatic N) is 1. The van der Waals surface area contributed by atoms with Crippen LogP contribution in [0.1, 0.15) is 52.8 Å². The zero-order chi connectivity index (χ0) is 16.0. The van der Waals surface area contributed by atoms with E-state index in [0.29, 0.717) is 24.4 Å². The van der Waals surface area contributed by atoms with Crippen molar-refractivity contribution in [3.8, 4) is 0 Å². The average Bonchev–Trinajstić information content (AvgIpc) is 3.14. The SMILES string of the molecule is O=C(c1cc[nH]c1C1CC1)N1C[C@@H](O)C[C@H]1c1ccc(F)cc1. The Bertz CT molecular complexity index is 721. The van der Waals surface area contributed by atoms with Crippen LogP contribution in [0.25, 0.3) is 0 Å². The molecule has 1 saturated carbocycles. The topological polar surface area (TPSA) is 56.3 Å². The van der Waals surface area contributed by atoms with Gasteiger partial charge in [0.05, 0.1) is 17.7 Å². The van der Waals surface area contributed by atoms with Gasteiger partial charge in [-0.3, -0.25) is 4.79 Å².